The maximum Gasteiger partial charge on any atom is 0.412 e. The van der Waals surface area contributed by atoms with Crippen molar-refractivity contribution >= 4 is 12.2 Å². The van der Waals surface area contributed by atoms with E-state index in [1.165, 1.54) is 0 Å². The van der Waals surface area contributed by atoms with Crippen molar-refractivity contribution in [3.05, 3.63) is 59.7 Å². The third-order valence-corrected chi connectivity index (χ3v) is 3.61. The summed E-state index contributed by atoms with van der Waals surface area (Å²) in [4.78, 5) is 23.3. The van der Waals surface area contributed by atoms with Crippen LogP contribution in [-0.2, 0) is 0 Å². The second-order valence-electron chi connectivity index (χ2n) is 5.97. The van der Waals surface area contributed by atoms with E-state index in [4.69, 9.17) is 9.47 Å². The first-order chi connectivity index (χ1) is 12.5. The zero-order chi connectivity index (χ0) is 18.8. The Kier molecular flexibility index (Phi) is 7.49. The number of benzene rings is 2. The van der Waals surface area contributed by atoms with Crippen molar-refractivity contribution in [2.45, 2.75) is 26.7 Å². The summed E-state index contributed by atoms with van der Waals surface area (Å²) in [5.74, 6) is 1.02. The maximum atomic E-state index is 11.6. The Morgan fingerprint density at radius 2 is 1.04 bits per heavy atom. The highest BCUT2D eigenvalue weighted by atomic mass is 16.6. The minimum absolute atomic E-state index is 0.472. The molecule has 2 rings (SSSR count). The molecule has 0 saturated carbocycles. The molecule has 0 fully saturated rings. The van der Waals surface area contributed by atoms with Crippen LogP contribution in [0, 0.1) is 13.8 Å². The molecular weight excluding hydrogens is 332 g/mol. The normalized spacial score (nSPS) is 10.1. The fourth-order valence-corrected chi connectivity index (χ4v) is 2.13. The Bertz CT molecular complexity index is 648. The van der Waals surface area contributed by atoms with E-state index in [2.05, 4.69) is 10.6 Å². The van der Waals surface area contributed by atoms with Crippen LogP contribution in [0.1, 0.15) is 24.0 Å². The maximum absolute atomic E-state index is 11.6. The highest BCUT2D eigenvalue weighted by Gasteiger charge is 2.05. The van der Waals surface area contributed by atoms with E-state index in [9.17, 15) is 9.59 Å². The van der Waals surface area contributed by atoms with E-state index in [1.54, 1.807) is 24.3 Å². The SMILES string of the molecule is Cc1ccc(OC(=O)NCCCCNC(=O)Oc2ccc(C)cc2)cc1. The van der Waals surface area contributed by atoms with E-state index in [-0.39, 0.29) is 0 Å². The van der Waals surface area contributed by atoms with Gasteiger partial charge in [-0.2, -0.15) is 0 Å². The largest absolute Gasteiger partial charge is 0.412 e. The Morgan fingerprint density at radius 1 is 0.692 bits per heavy atom. The number of carbonyl (C=O) groups is 2. The number of aryl methyl sites for hydroxylation is 2. The van der Waals surface area contributed by atoms with Crippen LogP contribution < -0.4 is 20.1 Å². The molecule has 0 aromatic heterocycles. The second kappa shape index (κ2) is 10.1. The zero-order valence-electron chi connectivity index (χ0n) is 15.1. The third kappa shape index (κ3) is 7.25. The van der Waals surface area contributed by atoms with Crippen molar-refractivity contribution in [3.63, 3.8) is 0 Å². The average Bonchev–Trinajstić information content (AvgIpc) is 2.62. The van der Waals surface area contributed by atoms with E-state index in [0.717, 1.165) is 11.1 Å². The minimum Gasteiger partial charge on any atom is -0.410 e. The highest BCUT2D eigenvalue weighted by Crippen LogP contribution is 2.12. The van der Waals surface area contributed by atoms with Gasteiger partial charge in [0.15, 0.2) is 0 Å². The first-order valence-electron chi connectivity index (χ1n) is 8.57. The van der Waals surface area contributed by atoms with Crippen LogP contribution in [0.15, 0.2) is 48.5 Å². The third-order valence-electron chi connectivity index (χ3n) is 3.61. The lowest BCUT2D eigenvalue weighted by Crippen LogP contribution is -2.30. The number of ether oxygens (including phenoxy) is 2. The van der Waals surface area contributed by atoms with Gasteiger partial charge in [-0.25, -0.2) is 9.59 Å². The van der Waals surface area contributed by atoms with Crippen molar-refractivity contribution in [1.82, 2.24) is 10.6 Å². The van der Waals surface area contributed by atoms with Crippen LogP contribution in [0.3, 0.4) is 0 Å². The molecule has 0 atom stereocenters. The van der Waals surface area contributed by atoms with Crippen molar-refractivity contribution in [1.29, 1.82) is 0 Å². The van der Waals surface area contributed by atoms with Gasteiger partial charge in [-0.3, -0.25) is 0 Å². The van der Waals surface area contributed by atoms with Gasteiger partial charge in [0, 0.05) is 13.1 Å². The number of amides is 2. The quantitative estimate of drug-likeness (QED) is 0.736. The summed E-state index contributed by atoms with van der Waals surface area (Å²) in [6.07, 6.45) is 0.461. The summed E-state index contributed by atoms with van der Waals surface area (Å²) in [5, 5.41) is 5.35. The molecule has 0 spiro atoms. The number of rotatable bonds is 7. The van der Waals surface area contributed by atoms with Gasteiger partial charge in [0.2, 0.25) is 0 Å². The van der Waals surface area contributed by atoms with Crippen LogP contribution in [0.4, 0.5) is 9.59 Å². The summed E-state index contributed by atoms with van der Waals surface area (Å²) < 4.78 is 10.3. The standard InChI is InChI=1S/C20H24N2O4/c1-15-5-9-17(10-6-15)25-19(23)21-13-3-4-14-22-20(24)26-18-11-7-16(2)8-12-18/h5-12H,3-4,13-14H2,1-2H3,(H,21,23)(H,22,24). The molecule has 2 aromatic rings. The summed E-state index contributed by atoms with van der Waals surface area (Å²) in [6, 6.07) is 14.5. The topological polar surface area (TPSA) is 76.7 Å². The number of hydrogen-bond donors (Lipinski definition) is 2. The molecular formula is C20H24N2O4. The van der Waals surface area contributed by atoms with Crippen LogP contribution in [0.5, 0.6) is 11.5 Å². The smallest absolute Gasteiger partial charge is 0.410 e. The van der Waals surface area contributed by atoms with Crippen LogP contribution >= 0.6 is 0 Å². The first-order valence-corrected chi connectivity index (χ1v) is 8.57. The average molecular weight is 356 g/mol. The molecule has 6 nitrogen and oxygen atoms in total. The van der Waals surface area contributed by atoms with Gasteiger partial charge in [-0.1, -0.05) is 35.4 Å². The van der Waals surface area contributed by atoms with Gasteiger partial charge in [0.05, 0.1) is 0 Å². The van der Waals surface area contributed by atoms with Gasteiger partial charge < -0.3 is 20.1 Å². The monoisotopic (exact) mass is 356 g/mol. The van der Waals surface area contributed by atoms with Crippen LogP contribution in [-0.4, -0.2) is 25.3 Å². The number of carbonyl (C=O) groups excluding carboxylic acids is 2. The lowest BCUT2D eigenvalue weighted by Gasteiger charge is -2.08. The second-order valence-corrected chi connectivity index (χ2v) is 5.97. The van der Waals surface area contributed by atoms with E-state index in [1.807, 2.05) is 38.1 Å². The molecule has 2 amide bonds. The van der Waals surface area contributed by atoms with E-state index >= 15 is 0 Å². The Labute approximate surface area is 153 Å². The Balaban J connectivity index is 1.53. The predicted molar refractivity (Wildman–Crippen MR) is 99.6 cm³/mol. The minimum atomic E-state index is -0.486. The molecule has 0 bridgehead atoms. The lowest BCUT2D eigenvalue weighted by molar-refractivity contribution is 0.198. The number of nitrogens with one attached hydrogen (secondary N) is 2. The van der Waals surface area contributed by atoms with Gasteiger partial charge in [-0.15, -0.1) is 0 Å². The predicted octanol–water partition coefficient (Wildman–Crippen LogP) is 3.96. The molecule has 0 aliphatic heterocycles. The van der Waals surface area contributed by atoms with Gasteiger partial charge in [0.25, 0.3) is 0 Å². The van der Waals surface area contributed by atoms with Crippen LogP contribution in [0.2, 0.25) is 0 Å². The Morgan fingerprint density at radius 3 is 1.38 bits per heavy atom. The molecule has 2 N–H and O–H groups in total. The molecule has 2 aromatic carbocycles. The molecule has 0 radical (unpaired) electrons. The van der Waals surface area contributed by atoms with Crippen molar-refractivity contribution in [2.75, 3.05) is 13.1 Å². The molecule has 0 aliphatic rings. The van der Waals surface area contributed by atoms with Crippen molar-refractivity contribution < 1.29 is 19.1 Å². The van der Waals surface area contributed by atoms with Crippen molar-refractivity contribution in [2.24, 2.45) is 0 Å². The molecule has 26 heavy (non-hydrogen) atoms. The number of unbranched alkanes of at least 4 members (excludes halogenated alkanes) is 1. The summed E-state index contributed by atoms with van der Waals surface area (Å²) in [7, 11) is 0. The van der Waals surface area contributed by atoms with Crippen molar-refractivity contribution in [3.8, 4) is 11.5 Å². The Hall–Kier alpha value is -3.02. The highest BCUT2D eigenvalue weighted by molar-refractivity contribution is 5.70. The summed E-state index contributed by atoms with van der Waals surface area (Å²) >= 11 is 0. The van der Waals surface area contributed by atoms with Gasteiger partial charge in [-0.05, 0) is 51.0 Å². The fourth-order valence-electron chi connectivity index (χ4n) is 2.13. The van der Waals surface area contributed by atoms with Crippen LogP contribution in [0.25, 0.3) is 0 Å². The lowest BCUT2D eigenvalue weighted by atomic mass is 10.2. The summed E-state index contributed by atoms with van der Waals surface area (Å²) in [5.41, 5.74) is 2.21. The molecule has 138 valence electrons. The van der Waals surface area contributed by atoms with Gasteiger partial charge >= 0.3 is 12.2 Å². The fraction of sp³-hybridized carbons (Fsp3) is 0.300. The first kappa shape index (κ1) is 19.3. The molecule has 0 unspecified atom stereocenters. The van der Waals surface area contributed by atoms with E-state index in [0.29, 0.717) is 37.4 Å². The van der Waals surface area contributed by atoms with Gasteiger partial charge in [0.1, 0.15) is 11.5 Å². The zero-order valence-corrected chi connectivity index (χ0v) is 15.1. The number of hydrogen-bond acceptors (Lipinski definition) is 4. The molecule has 0 saturated heterocycles. The summed E-state index contributed by atoms with van der Waals surface area (Å²) in [6.45, 7) is 4.88. The van der Waals surface area contributed by atoms with E-state index < -0.39 is 12.2 Å². The molecule has 0 heterocycles. The molecule has 0 aliphatic carbocycles. The molecule has 6 heteroatoms.